The Hall–Kier alpha value is -2.62. The zero-order chi connectivity index (χ0) is 14.8. The van der Waals surface area contributed by atoms with Gasteiger partial charge in [0.1, 0.15) is 11.6 Å². The number of nitrogens with one attached hydrogen (secondary N) is 1. The van der Waals surface area contributed by atoms with Crippen LogP contribution < -0.4 is 5.32 Å². The fourth-order valence-electron chi connectivity index (χ4n) is 2.38. The lowest BCUT2D eigenvalue weighted by molar-refractivity contribution is 0.459. The molecule has 2 N–H and O–H groups in total. The zero-order valence-electron chi connectivity index (χ0n) is 11.5. The van der Waals surface area contributed by atoms with E-state index in [4.69, 9.17) is 0 Å². The predicted molar refractivity (Wildman–Crippen MR) is 81.8 cm³/mol. The van der Waals surface area contributed by atoms with Crippen molar-refractivity contribution in [1.82, 2.24) is 4.98 Å². The number of phenolic OH excluding ortho intramolecular Hbond substituents is 1. The van der Waals surface area contributed by atoms with Crippen molar-refractivity contribution in [2.45, 2.75) is 13.0 Å². The van der Waals surface area contributed by atoms with Gasteiger partial charge in [0.05, 0.1) is 11.6 Å². The highest BCUT2D eigenvalue weighted by Crippen LogP contribution is 2.28. The second-order valence-electron chi connectivity index (χ2n) is 4.98. The van der Waals surface area contributed by atoms with Crippen molar-refractivity contribution in [2.75, 3.05) is 5.32 Å². The van der Waals surface area contributed by atoms with Crippen molar-refractivity contribution < 1.29 is 9.50 Å². The van der Waals surface area contributed by atoms with Gasteiger partial charge in [-0.15, -0.1) is 0 Å². The van der Waals surface area contributed by atoms with Crippen LogP contribution in [0.4, 0.5) is 10.1 Å². The van der Waals surface area contributed by atoms with Crippen LogP contribution in [-0.4, -0.2) is 10.1 Å². The first-order chi connectivity index (χ1) is 10.1. The fourth-order valence-corrected chi connectivity index (χ4v) is 2.38. The van der Waals surface area contributed by atoms with E-state index >= 15 is 0 Å². The Morgan fingerprint density at radius 1 is 1.14 bits per heavy atom. The molecule has 0 amide bonds. The van der Waals surface area contributed by atoms with Crippen molar-refractivity contribution in [3.8, 4) is 5.75 Å². The van der Waals surface area contributed by atoms with Gasteiger partial charge >= 0.3 is 0 Å². The number of halogens is 1. The number of phenols is 1. The second kappa shape index (κ2) is 5.40. The molecule has 2 aromatic carbocycles. The SMILES string of the molecule is CC(Nc1ccc2ncccc2c1)c1ccc(F)cc1O. The molecular weight excluding hydrogens is 267 g/mol. The molecule has 0 fully saturated rings. The fraction of sp³-hybridized carbons (Fsp3) is 0.118. The highest BCUT2D eigenvalue weighted by Gasteiger charge is 2.11. The van der Waals surface area contributed by atoms with E-state index in [1.807, 2.05) is 37.3 Å². The van der Waals surface area contributed by atoms with Crippen LogP contribution in [-0.2, 0) is 0 Å². The highest BCUT2D eigenvalue weighted by atomic mass is 19.1. The number of aromatic nitrogens is 1. The second-order valence-corrected chi connectivity index (χ2v) is 4.98. The summed E-state index contributed by atoms with van der Waals surface area (Å²) in [5, 5.41) is 14.2. The van der Waals surface area contributed by atoms with E-state index in [1.165, 1.54) is 6.07 Å². The van der Waals surface area contributed by atoms with E-state index < -0.39 is 5.82 Å². The van der Waals surface area contributed by atoms with Crippen LogP contribution >= 0.6 is 0 Å². The molecule has 0 saturated heterocycles. The molecule has 0 aliphatic rings. The quantitative estimate of drug-likeness (QED) is 0.754. The Balaban J connectivity index is 1.87. The lowest BCUT2D eigenvalue weighted by atomic mass is 10.1. The first-order valence-electron chi connectivity index (χ1n) is 6.73. The first-order valence-corrected chi connectivity index (χ1v) is 6.73. The minimum absolute atomic E-state index is 0.0440. The van der Waals surface area contributed by atoms with Crippen LogP contribution in [0.15, 0.2) is 54.7 Å². The standard InChI is InChI=1S/C17H15FN2O/c1-11(15-6-4-13(18)10-17(15)21)20-14-5-7-16-12(9-14)3-2-8-19-16/h2-11,20-21H,1H3. The first kappa shape index (κ1) is 13.4. The van der Waals surface area contributed by atoms with Crippen LogP contribution in [0.25, 0.3) is 10.9 Å². The zero-order valence-corrected chi connectivity index (χ0v) is 11.5. The third-order valence-corrected chi connectivity index (χ3v) is 3.45. The number of anilines is 1. The number of aromatic hydroxyl groups is 1. The van der Waals surface area contributed by atoms with E-state index in [0.29, 0.717) is 5.56 Å². The minimum atomic E-state index is -0.444. The van der Waals surface area contributed by atoms with Crippen LogP contribution in [0.1, 0.15) is 18.5 Å². The molecule has 1 heterocycles. The third-order valence-electron chi connectivity index (χ3n) is 3.45. The van der Waals surface area contributed by atoms with Gasteiger partial charge in [-0.3, -0.25) is 4.98 Å². The van der Waals surface area contributed by atoms with E-state index in [2.05, 4.69) is 10.3 Å². The molecular formula is C17H15FN2O. The molecule has 0 radical (unpaired) electrons. The number of hydrogen-bond donors (Lipinski definition) is 2. The number of fused-ring (bicyclic) bond motifs is 1. The Bertz CT molecular complexity index is 789. The molecule has 1 unspecified atom stereocenters. The van der Waals surface area contributed by atoms with Gasteiger partial charge in [-0.2, -0.15) is 0 Å². The Morgan fingerprint density at radius 3 is 2.81 bits per heavy atom. The van der Waals surface area contributed by atoms with E-state index in [1.54, 1.807) is 12.3 Å². The molecule has 3 aromatic rings. The van der Waals surface area contributed by atoms with Crippen molar-refractivity contribution in [3.05, 3.63) is 66.1 Å². The Kier molecular flexibility index (Phi) is 3.44. The average Bonchev–Trinajstić information content (AvgIpc) is 2.47. The summed E-state index contributed by atoms with van der Waals surface area (Å²) in [5.74, 6) is -0.488. The molecule has 1 atom stereocenters. The molecule has 3 nitrogen and oxygen atoms in total. The predicted octanol–water partition coefficient (Wildman–Crippen LogP) is 4.25. The van der Waals surface area contributed by atoms with Crippen molar-refractivity contribution in [2.24, 2.45) is 0 Å². The van der Waals surface area contributed by atoms with Gasteiger partial charge < -0.3 is 10.4 Å². The summed E-state index contributed by atoms with van der Waals surface area (Å²) in [5.41, 5.74) is 2.51. The summed E-state index contributed by atoms with van der Waals surface area (Å²) in [6.07, 6.45) is 1.76. The molecule has 0 aliphatic heterocycles. The van der Waals surface area contributed by atoms with Gasteiger partial charge in [0.25, 0.3) is 0 Å². The lowest BCUT2D eigenvalue weighted by Crippen LogP contribution is -2.07. The Morgan fingerprint density at radius 2 is 2.00 bits per heavy atom. The van der Waals surface area contributed by atoms with E-state index in [-0.39, 0.29) is 11.8 Å². The highest BCUT2D eigenvalue weighted by molar-refractivity contribution is 5.82. The number of rotatable bonds is 3. The largest absolute Gasteiger partial charge is 0.507 e. The average molecular weight is 282 g/mol. The van der Waals surface area contributed by atoms with Crippen molar-refractivity contribution in [1.29, 1.82) is 0 Å². The van der Waals surface area contributed by atoms with Crippen molar-refractivity contribution >= 4 is 16.6 Å². The molecule has 3 rings (SSSR count). The molecule has 0 bridgehead atoms. The Labute approximate surface area is 122 Å². The minimum Gasteiger partial charge on any atom is -0.507 e. The van der Waals surface area contributed by atoms with Crippen LogP contribution in [0.5, 0.6) is 5.75 Å². The molecule has 4 heteroatoms. The van der Waals surface area contributed by atoms with Gasteiger partial charge in [0, 0.05) is 28.9 Å². The van der Waals surface area contributed by atoms with Crippen LogP contribution in [0.3, 0.4) is 0 Å². The summed E-state index contributed by atoms with van der Waals surface area (Å²) in [6, 6.07) is 13.7. The molecule has 106 valence electrons. The summed E-state index contributed by atoms with van der Waals surface area (Å²) in [7, 11) is 0. The van der Waals surface area contributed by atoms with E-state index in [0.717, 1.165) is 22.7 Å². The number of hydrogen-bond acceptors (Lipinski definition) is 3. The number of pyridine rings is 1. The van der Waals surface area contributed by atoms with E-state index in [9.17, 15) is 9.50 Å². The maximum atomic E-state index is 13.0. The third kappa shape index (κ3) is 2.79. The maximum Gasteiger partial charge on any atom is 0.126 e. The molecule has 0 saturated carbocycles. The summed E-state index contributed by atoms with van der Waals surface area (Å²) < 4.78 is 13.0. The van der Waals surface area contributed by atoms with Gasteiger partial charge in [-0.05, 0) is 37.3 Å². The molecule has 21 heavy (non-hydrogen) atoms. The van der Waals surface area contributed by atoms with Gasteiger partial charge in [-0.1, -0.05) is 12.1 Å². The van der Waals surface area contributed by atoms with Crippen LogP contribution in [0.2, 0.25) is 0 Å². The normalized spacial score (nSPS) is 12.3. The van der Waals surface area contributed by atoms with Gasteiger partial charge in [0.15, 0.2) is 0 Å². The monoisotopic (exact) mass is 282 g/mol. The van der Waals surface area contributed by atoms with Gasteiger partial charge in [0.2, 0.25) is 0 Å². The topological polar surface area (TPSA) is 45.2 Å². The number of nitrogens with zero attached hydrogens (tertiary/aromatic N) is 1. The summed E-state index contributed by atoms with van der Waals surface area (Å²) >= 11 is 0. The lowest BCUT2D eigenvalue weighted by Gasteiger charge is -2.17. The van der Waals surface area contributed by atoms with Crippen molar-refractivity contribution in [3.63, 3.8) is 0 Å². The molecule has 0 spiro atoms. The number of benzene rings is 2. The summed E-state index contributed by atoms with van der Waals surface area (Å²) in [6.45, 7) is 1.92. The molecule has 0 aliphatic carbocycles. The molecule has 1 aromatic heterocycles. The summed E-state index contributed by atoms with van der Waals surface area (Å²) in [4.78, 5) is 4.27. The maximum absolute atomic E-state index is 13.0. The van der Waals surface area contributed by atoms with Crippen LogP contribution in [0, 0.1) is 5.82 Å². The van der Waals surface area contributed by atoms with Gasteiger partial charge in [-0.25, -0.2) is 4.39 Å². The smallest absolute Gasteiger partial charge is 0.126 e.